The maximum Gasteiger partial charge on any atom is 0.211 e. The summed E-state index contributed by atoms with van der Waals surface area (Å²) in [6, 6.07) is 18.0. The smallest absolute Gasteiger partial charge is 0.211 e. The SMILES string of the molecule is CCCCCCCCCCCCCCCCCCCC#CCCCc1ccccc1C1=C(CCCCCCCC)C(CCCCC)=C(c2cccc(CCCC)c2)[N+]1=[N-]. The first-order valence-corrected chi connectivity index (χ1v) is 25.7. The van der Waals surface area contributed by atoms with Crippen LogP contribution < -0.4 is 0 Å². The van der Waals surface area contributed by atoms with Crippen LogP contribution in [0.5, 0.6) is 0 Å². The summed E-state index contributed by atoms with van der Waals surface area (Å²) < 4.78 is 1.62. The van der Waals surface area contributed by atoms with Crippen LogP contribution in [0.3, 0.4) is 0 Å². The lowest BCUT2D eigenvalue weighted by atomic mass is 9.90. The first kappa shape index (κ1) is 50.4. The lowest BCUT2D eigenvalue weighted by molar-refractivity contribution is -0.345. The molecule has 1 heterocycles. The van der Waals surface area contributed by atoms with Gasteiger partial charge in [-0.3, -0.25) is 0 Å². The molecule has 0 saturated heterocycles. The zero-order chi connectivity index (χ0) is 42.0. The molecule has 0 atom stereocenters. The van der Waals surface area contributed by atoms with Gasteiger partial charge in [0, 0.05) is 35.1 Å². The monoisotopic (exact) mass is 803 g/mol. The number of benzene rings is 2. The van der Waals surface area contributed by atoms with Gasteiger partial charge in [-0.1, -0.05) is 212 Å². The Labute approximate surface area is 366 Å². The van der Waals surface area contributed by atoms with Gasteiger partial charge in [0.05, 0.1) is 0 Å². The van der Waals surface area contributed by atoms with Gasteiger partial charge < -0.3 is 5.53 Å². The summed E-state index contributed by atoms with van der Waals surface area (Å²) in [5, 5.41) is 0. The van der Waals surface area contributed by atoms with Gasteiger partial charge in [-0.25, -0.2) is 4.70 Å². The standard InChI is InChI=1S/C57H90N2/c1-5-9-13-15-17-18-19-20-21-22-23-24-25-26-27-28-29-30-31-32-33-36-43-51-44-38-39-46-53(51)57-55(48-37-34-16-14-10-6-2)54(47-35-11-7-3)56(59(57)58)52-45-40-42-50(49-52)41-12-8-4/h38-40,42,44-46,49H,5-30,33-37,41,43,47-48H2,1-4H3. The van der Waals surface area contributed by atoms with Crippen molar-refractivity contribution in [1.82, 2.24) is 0 Å². The molecule has 0 aliphatic carbocycles. The van der Waals surface area contributed by atoms with Crippen LogP contribution in [0.25, 0.3) is 16.9 Å². The van der Waals surface area contributed by atoms with Crippen LogP contribution in [0.4, 0.5) is 0 Å². The van der Waals surface area contributed by atoms with E-state index in [1.807, 2.05) is 0 Å². The summed E-state index contributed by atoms with van der Waals surface area (Å²) in [5.74, 6) is 7.03. The molecule has 0 N–H and O–H groups in total. The Morgan fingerprint density at radius 3 is 1.44 bits per heavy atom. The van der Waals surface area contributed by atoms with E-state index in [9.17, 15) is 5.53 Å². The predicted octanol–water partition coefficient (Wildman–Crippen LogP) is 18.9. The fraction of sp³-hybridized carbons (Fsp3) is 0.684. The quantitative estimate of drug-likeness (QED) is 0.0373. The van der Waals surface area contributed by atoms with E-state index in [-0.39, 0.29) is 0 Å². The van der Waals surface area contributed by atoms with Crippen LogP contribution in [0.1, 0.15) is 262 Å². The van der Waals surface area contributed by atoms with Crippen LogP contribution in [-0.2, 0) is 12.8 Å². The Kier molecular flexibility index (Phi) is 28.9. The molecule has 0 bridgehead atoms. The fourth-order valence-electron chi connectivity index (χ4n) is 9.11. The van der Waals surface area contributed by atoms with Gasteiger partial charge in [-0.15, -0.1) is 11.8 Å². The molecule has 0 saturated carbocycles. The van der Waals surface area contributed by atoms with Crippen LogP contribution in [0.2, 0.25) is 0 Å². The van der Waals surface area contributed by atoms with Crippen LogP contribution in [-0.4, -0.2) is 4.70 Å². The molecule has 1 aliphatic rings. The molecule has 328 valence electrons. The number of rotatable bonds is 36. The van der Waals surface area contributed by atoms with E-state index in [0.717, 1.165) is 68.3 Å². The zero-order valence-electron chi connectivity index (χ0n) is 39.3. The highest BCUT2D eigenvalue weighted by atomic mass is 15.2. The summed E-state index contributed by atoms with van der Waals surface area (Å²) >= 11 is 0. The van der Waals surface area contributed by atoms with E-state index in [1.54, 1.807) is 4.70 Å². The zero-order valence-corrected chi connectivity index (χ0v) is 39.3. The van der Waals surface area contributed by atoms with Crippen molar-refractivity contribution in [1.29, 1.82) is 0 Å². The van der Waals surface area contributed by atoms with E-state index < -0.39 is 0 Å². The average molecular weight is 803 g/mol. The van der Waals surface area contributed by atoms with Gasteiger partial charge in [-0.2, -0.15) is 0 Å². The molecular formula is C57H90N2. The summed E-state index contributed by atoms with van der Waals surface area (Å²) in [6.45, 7) is 9.16. The van der Waals surface area contributed by atoms with E-state index in [1.165, 1.54) is 201 Å². The maximum absolute atomic E-state index is 12.4. The molecule has 3 rings (SSSR count). The number of hydrogen-bond donors (Lipinski definition) is 0. The number of unbranched alkanes of at least 4 members (excludes halogenated alkanes) is 26. The van der Waals surface area contributed by atoms with Crippen LogP contribution in [0, 0.1) is 11.8 Å². The molecule has 0 unspecified atom stereocenters. The Hall–Kier alpha value is -2.92. The third kappa shape index (κ3) is 20.5. The minimum Gasteiger partial charge on any atom is -0.493 e. The van der Waals surface area contributed by atoms with Gasteiger partial charge in [0.2, 0.25) is 11.4 Å². The molecule has 0 aromatic heterocycles. The number of aryl methyl sites for hydroxylation is 2. The van der Waals surface area contributed by atoms with E-state index in [0.29, 0.717) is 0 Å². The molecule has 0 amide bonds. The lowest BCUT2D eigenvalue weighted by Gasteiger charge is -2.13. The first-order chi connectivity index (χ1) is 29.2. The Bertz CT molecular complexity index is 1530. The Morgan fingerprint density at radius 2 is 0.864 bits per heavy atom. The Balaban J connectivity index is 1.53. The van der Waals surface area contributed by atoms with Crippen LogP contribution in [0.15, 0.2) is 59.7 Å². The van der Waals surface area contributed by atoms with Gasteiger partial charge in [0.1, 0.15) is 0 Å². The molecular weight excluding hydrogens is 713 g/mol. The minimum absolute atomic E-state index is 0.941. The summed E-state index contributed by atoms with van der Waals surface area (Å²) in [5.41, 5.74) is 22.3. The fourth-order valence-corrected chi connectivity index (χ4v) is 9.11. The second-order valence-electron chi connectivity index (χ2n) is 18.0. The molecule has 0 fully saturated rings. The van der Waals surface area contributed by atoms with Crippen LogP contribution >= 0.6 is 0 Å². The first-order valence-electron chi connectivity index (χ1n) is 25.7. The third-order valence-corrected chi connectivity index (χ3v) is 12.7. The number of allylic oxidation sites excluding steroid dienone is 2. The van der Waals surface area contributed by atoms with E-state index in [2.05, 4.69) is 88.1 Å². The van der Waals surface area contributed by atoms with Gasteiger partial charge in [-0.05, 0) is 87.1 Å². The molecule has 2 aromatic rings. The van der Waals surface area contributed by atoms with Crippen molar-refractivity contribution in [3.05, 3.63) is 87.5 Å². The normalized spacial score (nSPS) is 12.8. The number of hydrogen-bond acceptors (Lipinski definition) is 0. The number of nitrogens with zero attached hydrogens (tertiary/aromatic N) is 2. The van der Waals surface area contributed by atoms with Crippen molar-refractivity contribution in [3.63, 3.8) is 0 Å². The van der Waals surface area contributed by atoms with Crippen molar-refractivity contribution < 1.29 is 4.70 Å². The molecule has 0 spiro atoms. The molecule has 59 heavy (non-hydrogen) atoms. The Morgan fingerprint density at radius 1 is 0.407 bits per heavy atom. The van der Waals surface area contributed by atoms with Gasteiger partial charge in [0.25, 0.3) is 0 Å². The second-order valence-corrected chi connectivity index (χ2v) is 18.0. The van der Waals surface area contributed by atoms with Crippen molar-refractivity contribution in [2.75, 3.05) is 0 Å². The predicted molar refractivity (Wildman–Crippen MR) is 261 cm³/mol. The third-order valence-electron chi connectivity index (χ3n) is 12.7. The maximum atomic E-state index is 12.4. The molecule has 2 nitrogen and oxygen atoms in total. The average Bonchev–Trinajstić information content (AvgIpc) is 3.53. The highest BCUT2D eigenvalue weighted by Crippen LogP contribution is 2.45. The van der Waals surface area contributed by atoms with Crippen molar-refractivity contribution >= 4 is 11.4 Å². The largest absolute Gasteiger partial charge is 0.493 e. The van der Waals surface area contributed by atoms with E-state index >= 15 is 0 Å². The summed E-state index contributed by atoms with van der Waals surface area (Å²) in [6.07, 6.45) is 44.8. The topological polar surface area (TPSA) is 25.3 Å². The van der Waals surface area contributed by atoms with Crippen molar-refractivity contribution in [3.8, 4) is 11.8 Å². The van der Waals surface area contributed by atoms with Gasteiger partial charge in [0.15, 0.2) is 0 Å². The van der Waals surface area contributed by atoms with Crippen molar-refractivity contribution in [2.45, 2.75) is 252 Å². The second kappa shape index (κ2) is 33.8. The molecule has 1 aliphatic heterocycles. The highest BCUT2D eigenvalue weighted by molar-refractivity contribution is 5.83. The minimum atomic E-state index is 0.941. The molecule has 0 radical (unpaired) electrons. The highest BCUT2D eigenvalue weighted by Gasteiger charge is 2.36. The van der Waals surface area contributed by atoms with E-state index in [4.69, 9.17) is 0 Å². The lowest BCUT2D eigenvalue weighted by Crippen LogP contribution is -2.05. The van der Waals surface area contributed by atoms with Gasteiger partial charge >= 0.3 is 0 Å². The summed E-state index contributed by atoms with van der Waals surface area (Å²) in [7, 11) is 0. The van der Waals surface area contributed by atoms with Crippen molar-refractivity contribution in [2.24, 2.45) is 0 Å². The molecule has 2 heteroatoms. The molecule has 2 aromatic carbocycles. The summed E-state index contributed by atoms with van der Waals surface area (Å²) in [4.78, 5) is 0.